The average molecular weight is 296 g/mol. The standard InChI is InChI=1S/C19H20O3/c1-13(2)19(20)22-18(15-7-5-14(3)6-8-15)16-9-11-17(21-4)12-10-16/h5-12,18H,1H2,2-4H3. The zero-order valence-corrected chi connectivity index (χ0v) is 13.1. The molecule has 22 heavy (non-hydrogen) atoms. The van der Waals surface area contributed by atoms with Crippen LogP contribution in [0.25, 0.3) is 0 Å². The Morgan fingerprint density at radius 2 is 1.50 bits per heavy atom. The molecule has 0 spiro atoms. The van der Waals surface area contributed by atoms with Crippen molar-refractivity contribution in [3.8, 4) is 5.75 Å². The lowest BCUT2D eigenvalue weighted by Gasteiger charge is -2.19. The predicted molar refractivity (Wildman–Crippen MR) is 86.9 cm³/mol. The van der Waals surface area contributed by atoms with Crippen molar-refractivity contribution in [2.45, 2.75) is 20.0 Å². The number of methoxy groups -OCH3 is 1. The summed E-state index contributed by atoms with van der Waals surface area (Å²) in [5.41, 5.74) is 3.35. The number of aryl methyl sites for hydroxylation is 1. The van der Waals surface area contributed by atoms with E-state index >= 15 is 0 Å². The predicted octanol–water partition coefficient (Wildman–Crippen LogP) is 4.21. The van der Waals surface area contributed by atoms with Crippen LogP contribution in [0.1, 0.15) is 29.7 Å². The van der Waals surface area contributed by atoms with E-state index < -0.39 is 12.1 Å². The molecule has 0 radical (unpaired) electrons. The topological polar surface area (TPSA) is 35.5 Å². The molecule has 0 saturated heterocycles. The summed E-state index contributed by atoms with van der Waals surface area (Å²) in [6.07, 6.45) is -0.462. The Kier molecular flexibility index (Phi) is 4.99. The smallest absolute Gasteiger partial charge is 0.334 e. The molecule has 0 aliphatic carbocycles. The maximum Gasteiger partial charge on any atom is 0.334 e. The second kappa shape index (κ2) is 6.94. The molecule has 0 N–H and O–H groups in total. The minimum absolute atomic E-state index is 0.380. The second-order valence-electron chi connectivity index (χ2n) is 5.25. The van der Waals surface area contributed by atoms with Gasteiger partial charge in [0.15, 0.2) is 6.10 Å². The molecule has 0 fully saturated rings. The summed E-state index contributed by atoms with van der Waals surface area (Å²) in [6.45, 7) is 7.30. The van der Waals surface area contributed by atoms with Gasteiger partial charge in [-0.15, -0.1) is 0 Å². The summed E-state index contributed by atoms with van der Waals surface area (Å²) in [6, 6.07) is 15.4. The van der Waals surface area contributed by atoms with E-state index in [1.165, 1.54) is 0 Å². The van der Waals surface area contributed by atoms with E-state index in [1.807, 2.05) is 55.5 Å². The number of esters is 1. The first-order chi connectivity index (χ1) is 10.5. The van der Waals surface area contributed by atoms with Crippen molar-refractivity contribution in [3.05, 3.63) is 77.4 Å². The molecule has 1 unspecified atom stereocenters. The van der Waals surface area contributed by atoms with E-state index in [1.54, 1.807) is 14.0 Å². The minimum atomic E-state index is -0.462. The molecule has 2 rings (SSSR count). The van der Waals surface area contributed by atoms with Crippen molar-refractivity contribution in [1.82, 2.24) is 0 Å². The van der Waals surface area contributed by atoms with E-state index in [-0.39, 0.29) is 0 Å². The largest absolute Gasteiger partial charge is 0.497 e. The van der Waals surface area contributed by atoms with Crippen LogP contribution in [-0.2, 0) is 9.53 Å². The van der Waals surface area contributed by atoms with Gasteiger partial charge < -0.3 is 9.47 Å². The number of hydrogen-bond donors (Lipinski definition) is 0. The molecule has 0 amide bonds. The quantitative estimate of drug-likeness (QED) is 0.612. The van der Waals surface area contributed by atoms with Gasteiger partial charge in [-0.1, -0.05) is 48.5 Å². The third-order valence-corrected chi connectivity index (χ3v) is 3.37. The third kappa shape index (κ3) is 3.76. The highest BCUT2D eigenvalue weighted by Gasteiger charge is 2.19. The van der Waals surface area contributed by atoms with Crippen LogP contribution in [0.15, 0.2) is 60.7 Å². The van der Waals surface area contributed by atoms with Crippen molar-refractivity contribution in [2.24, 2.45) is 0 Å². The van der Waals surface area contributed by atoms with E-state index in [2.05, 4.69) is 6.58 Å². The van der Waals surface area contributed by atoms with E-state index in [9.17, 15) is 4.79 Å². The maximum atomic E-state index is 11.9. The Morgan fingerprint density at radius 1 is 1.00 bits per heavy atom. The van der Waals surface area contributed by atoms with E-state index in [4.69, 9.17) is 9.47 Å². The zero-order chi connectivity index (χ0) is 16.1. The number of ether oxygens (including phenoxy) is 2. The molecule has 0 saturated carbocycles. The average Bonchev–Trinajstić information content (AvgIpc) is 2.53. The molecule has 0 heterocycles. The van der Waals surface area contributed by atoms with Crippen LogP contribution in [-0.4, -0.2) is 13.1 Å². The summed E-state index contributed by atoms with van der Waals surface area (Å²) < 4.78 is 10.8. The van der Waals surface area contributed by atoms with Gasteiger partial charge in [0.05, 0.1) is 7.11 Å². The summed E-state index contributed by atoms with van der Waals surface area (Å²) in [5.74, 6) is 0.360. The van der Waals surface area contributed by atoms with Gasteiger partial charge >= 0.3 is 5.97 Å². The first kappa shape index (κ1) is 15.8. The van der Waals surface area contributed by atoms with Gasteiger partial charge in [0, 0.05) is 5.57 Å². The molecular weight excluding hydrogens is 276 g/mol. The summed E-state index contributed by atoms with van der Waals surface area (Å²) >= 11 is 0. The Balaban J connectivity index is 2.37. The number of carbonyl (C=O) groups excluding carboxylic acids is 1. The highest BCUT2D eigenvalue weighted by Crippen LogP contribution is 2.28. The number of carbonyl (C=O) groups is 1. The van der Waals surface area contributed by atoms with Gasteiger partial charge in [-0.25, -0.2) is 4.79 Å². The van der Waals surface area contributed by atoms with E-state index in [0.29, 0.717) is 5.57 Å². The van der Waals surface area contributed by atoms with Crippen molar-refractivity contribution in [3.63, 3.8) is 0 Å². The Hall–Kier alpha value is -2.55. The summed E-state index contributed by atoms with van der Waals surface area (Å²) in [4.78, 5) is 11.9. The van der Waals surface area contributed by atoms with Gasteiger partial charge in [-0.3, -0.25) is 0 Å². The lowest BCUT2D eigenvalue weighted by atomic mass is 10.00. The van der Waals surface area contributed by atoms with Gasteiger partial charge in [0.2, 0.25) is 0 Å². The lowest BCUT2D eigenvalue weighted by molar-refractivity contribution is -0.142. The first-order valence-electron chi connectivity index (χ1n) is 7.08. The fourth-order valence-corrected chi connectivity index (χ4v) is 2.06. The molecule has 1 atom stereocenters. The van der Waals surface area contributed by atoms with Gasteiger partial charge in [0.1, 0.15) is 5.75 Å². The van der Waals surface area contributed by atoms with Crippen molar-refractivity contribution in [2.75, 3.05) is 7.11 Å². The van der Waals surface area contributed by atoms with Gasteiger partial charge in [-0.2, -0.15) is 0 Å². The molecule has 0 aliphatic rings. The SMILES string of the molecule is C=C(C)C(=O)OC(c1ccc(C)cc1)c1ccc(OC)cc1. The Morgan fingerprint density at radius 3 is 1.95 bits per heavy atom. The van der Waals surface area contributed by atoms with Crippen molar-refractivity contribution >= 4 is 5.97 Å². The Labute approximate surface area is 131 Å². The zero-order valence-electron chi connectivity index (χ0n) is 13.1. The molecule has 2 aromatic rings. The fraction of sp³-hybridized carbons (Fsp3) is 0.211. The van der Waals surface area contributed by atoms with Crippen LogP contribution >= 0.6 is 0 Å². The molecule has 114 valence electrons. The lowest BCUT2D eigenvalue weighted by Crippen LogP contribution is -2.13. The first-order valence-corrected chi connectivity index (χ1v) is 7.08. The highest BCUT2D eigenvalue weighted by atomic mass is 16.5. The normalized spacial score (nSPS) is 11.6. The fourth-order valence-electron chi connectivity index (χ4n) is 2.06. The van der Waals surface area contributed by atoms with Crippen molar-refractivity contribution < 1.29 is 14.3 Å². The van der Waals surface area contributed by atoms with Crippen molar-refractivity contribution in [1.29, 1.82) is 0 Å². The molecule has 0 aromatic heterocycles. The molecule has 0 bridgehead atoms. The van der Waals surface area contributed by atoms with Crippen LogP contribution in [0.4, 0.5) is 0 Å². The minimum Gasteiger partial charge on any atom is -0.497 e. The monoisotopic (exact) mass is 296 g/mol. The second-order valence-corrected chi connectivity index (χ2v) is 5.25. The molecule has 0 aliphatic heterocycles. The molecule has 3 nitrogen and oxygen atoms in total. The number of benzene rings is 2. The number of rotatable bonds is 5. The Bertz CT molecular complexity index is 654. The van der Waals surface area contributed by atoms with Crippen LogP contribution in [0, 0.1) is 6.92 Å². The van der Waals surface area contributed by atoms with Gasteiger partial charge in [-0.05, 0) is 37.1 Å². The molecule has 2 aromatic carbocycles. The highest BCUT2D eigenvalue weighted by molar-refractivity contribution is 5.87. The third-order valence-electron chi connectivity index (χ3n) is 3.37. The maximum absolute atomic E-state index is 11.9. The molecular formula is C19H20O3. The summed E-state index contributed by atoms with van der Waals surface area (Å²) in [7, 11) is 1.62. The van der Waals surface area contributed by atoms with E-state index in [0.717, 1.165) is 22.4 Å². The van der Waals surface area contributed by atoms with Crippen LogP contribution < -0.4 is 4.74 Å². The summed E-state index contributed by atoms with van der Waals surface area (Å²) in [5, 5.41) is 0. The molecule has 3 heteroatoms. The van der Waals surface area contributed by atoms with Crippen LogP contribution in [0.3, 0.4) is 0 Å². The van der Waals surface area contributed by atoms with Crippen LogP contribution in [0.2, 0.25) is 0 Å². The van der Waals surface area contributed by atoms with Gasteiger partial charge in [0.25, 0.3) is 0 Å². The number of hydrogen-bond acceptors (Lipinski definition) is 3. The van der Waals surface area contributed by atoms with Crippen LogP contribution in [0.5, 0.6) is 5.75 Å².